The average molecular weight is 500 g/mol. The first-order valence-electron chi connectivity index (χ1n) is 12.4. The fourth-order valence-electron chi connectivity index (χ4n) is 4.43. The van der Waals surface area contributed by atoms with Gasteiger partial charge in [-0.3, -0.25) is 9.59 Å². The molecular formula is C27H37N3O4S. The molecule has 2 aromatic rings. The highest BCUT2D eigenvalue weighted by Crippen LogP contribution is 2.20. The number of nitrogens with one attached hydrogen (secondary N) is 1. The molecule has 8 heteroatoms. The van der Waals surface area contributed by atoms with Gasteiger partial charge in [-0.15, -0.1) is 0 Å². The summed E-state index contributed by atoms with van der Waals surface area (Å²) in [4.78, 5) is 28.2. The van der Waals surface area contributed by atoms with E-state index in [4.69, 9.17) is 0 Å². The number of nitrogens with zero attached hydrogens (tertiary/aromatic N) is 2. The van der Waals surface area contributed by atoms with Crippen LogP contribution < -0.4 is 5.32 Å². The molecule has 0 spiro atoms. The van der Waals surface area contributed by atoms with Crippen LogP contribution in [0.15, 0.2) is 59.5 Å². The molecule has 0 aliphatic heterocycles. The Morgan fingerprint density at radius 1 is 1.03 bits per heavy atom. The zero-order valence-corrected chi connectivity index (χ0v) is 21.8. The number of rotatable bonds is 11. The van der Waals surface area contributed by atoms with Crippen molar-refractivity contribution in [1.29, 1.82) is 0 Å². The number of aryl methyl sites for hydroxylation is 1. The first-order chi connectivity index (χ1) is 16.7. The van der Waals surface area contributed by atoms with Gasteiger partial charge in [0.1, 0.15) is 6.04 Å². The molecule has 1 aliphatic rings. The molecule has 1 saturated carbocycles. The fraction of sp³-hybridized carbons (Fsp3) is 0.481. The number of hydrogen-bond donors (Lipinski definition) is 1. The molecule has 35 heavy (non-hydrogen) atoms. The Kier molecular flexibility index (Phi) is 9.46. The standard InChI is InChI=1S/C27H37N3O4S/c1-21-12-7-8-13-23(21)20-30(22(2)27(32)28-24-14-9-10-15-24)26(31)18-11-19-29(3)35(33,34)25-16-5-4-6-17-25/h4-8,12-13,16-17,22,24H,9-11,14-15,18-20H2,1-3H3,(H,28,32)/t22-/m0/s1. The van der Waals surface area contributed by atoms with Gasteiger partial charge in [-0.25, -0.2) is 12.7 Å². The quantitative estimate of drug-likeness (QED) is 0.508. The van der Waals surface area contributed by atoms with E-state index in [1.165, 1.54) is 11.4 Å². The molecule has 2 aromatic carbocycles. The van der Waals surface area contributed by atoms with E-state index in [-0.39, 0.29) is 35.7 Å². The maximum Gasteiger partial charge on any atom is 0.242 e. The highest BCUT2D eigenvalue weighted by Gasteiger charge is 2.29. The van der Waals surface area contributed by atoms with Crippen LogP contribution >= 0.6 is 0 Å². The highest BCUT2D eigenvalue weighted by atomic mass is 32.2. The third-order valence-electron chi connectivity index (χ3n) is 6.79. The van der Waals surface area contributed by atoms with Gasteiger partial charge in [0.2, 0.25) is 21.8 Å². The average Bonchev–Trinajstić information content (AvgIpc) is 3.36. The minimum atomic E-state index is -3.61. The summed E-state index contributed by atoms with van der Waals surface area (Å²) in [5.74, 6) is -0.296. The molecule has 0 radical (unpaired) electrons. The van der Waals surface area contributed by atoms with E-state index >= 15 is 0 Å². The highest BCUT2D eigenvalue weighted by molar-refractivity contribution is 7.89. The zero-order chi connectivity index (χ0) is 25.4. The topological polar surface area (TPSA) is 86.8 Å². The monoisotopic (exact) mass is 499 g/mol. The number of amides is 2. The molecule has 190 valence electrons. The number of benzene rings is 2. The van der Waals surface area contributed by atoms with Gasteiger partial charge in [0, 0.05) is 32.6 Å². The molecule has 3 rings (SSSR count). The lowest BCUT2D eigenvalue weighted by Gasteiger charge is -2.30. The van der Waals surface area contributed by atoms with Crippen LogP contribution in [0.5, 0.6) is 0 Å². The Labute approximate surface area is 209 Å². The minimum absolute atomic E-state index is 0.136. The lowest BCUT2D eigenvalue weighted by atomic mass is 10.1. The van der Waals surface area contributed by atoms with Crippen molar-refractivity contribution >= 4 is 21.8 Å². The molecule has 1 atom stereocenters. The van der Waals surface area contributed by atoms with Crippen LogP contribution in [0.3, 0.4) is 0 Å². The van der Waals surface area contributed by atoms with Crippen molar-refractivity contribution < 1.29 is 18.0 Å². The summed E-state index contributed by atoms with van der Waals surface area (Å²) in [5, 5.41) is 3.11. The predicted molar refractivity (Wildman–Crippen MR) is 137 cm³/mol. The number of carbonyl (C=O) groups excluding carboxylic acids is 2. The SMILES string of the molecule is Cc1ccccc1CN(C(=O)CCCN(C)S(=O)(=O)c1ccccc1)[C@@H](C)C(=O)NC1CCCC1. The molecule has 2 amide bonds. The maximum absolute atomic E-state index is 13.3. The van der Waals surface area contributed by atoms with Crippen LogP contribution in [0.25, 0.3) is 0 Å². The third-order valence-corrected chi connectivity index (χ3v) is 8.66. The number of hydrogen-bond acceptors (Lipinski definition) is 4. The van der Waals surface area contributed by atoms with E-state index in [1.54, 1.807) is 42.2 Å². The summed E-state index contributed by atoms with van der Waals surface area (Å²) in [5.41, 5.74) is 2.05. The Morgan fingerprint density at radius 2 is 1.66 bits per heavy atom. The van der Waals surface area contributed by atoms with Crippen molar-refractivity contribution in [2.45, 2.75) is 75.9 Å². The van der Waals surface area contributed by atoms with E-state index < -0.39 is 16.1 Å². The maximum atomic E-state index is 13.3. The Bertz CT molecular complexity index is 1100. The van der Waals surface area contributed by atoms with E-state index in [1.807, 2.05) is 31.2 Å². The van der Waals surface area contributed by atoms with Gasteiger partial charge < -0.3 is 10.2 Å². The second-order valence-corrected chi connectivity index (χ2v) is 11.4. The zero-order valence-electron chi connectivity index (χ0n) is 20.9. The van der Waals surface area contributed by atoms with Crippen molar-refractivity contribution in [3.63, 3.8) is 0 Å². The normalized spacial score (nSPS) is 15.2. The molecule has 0 unspecified atom stereocenters. The van der Waals surface area contributed by atoms with Crippen molar-refractivity contribution in [2.24, 2.45) is 0 Å². The molecule has 0 aromatic heterocycles. The summed E-state index contributed by atoms with van der Waals surface area (Å²) in [6.07, 6.45) is 4.71. The van der Waals surface area contributed by atoms with Gasteiger partial charge in [-0.05, 0) is 56.4 Å². The van der Waals surface area contributed by atoms with Crippen LogP contribution in [0.1, 0.15) is 56.6 Å². The molecular weight excluding hydrogens is 462 g/mol. The van der Waals surface area contributed by atoms with Crippen molar-refractivity contribution in [2.75, 3.05) is 13.6 Å². The van der Waals surface area contributed by atoms with Crippen molar-refractivity contribution in [3.05, 3.63) is 65.7 Å². The van der Waals surface area contributed by atoms with Gasteiger partial charge in [0.15, 0.2) is 0 Å². The van der Waals surface area contributed by atoms with E-state index in [9.17, 15) is 18.0 Å². The van der Waals surface area contributed by atoms with E-state index in [0.717, 1.165) is 36.8 Å². The number of sulfonamides is 1. The lowest BCUT2D eigenvalue weighted by Crippen LogP contribution is -2.49. The van der Waals surface area contributed by atoms with Crippen molar-refractivity contribution in [1.82, 2.24) is 14.5 Å². The van der Waals surface area contributed by atoms with Crippen LogP contribution in [0.2, 0.25) is 0 Å². The second-order valence-electron chi connectivity index (χ2n) is 9.36. The summed E-state index contributed by atoms with van der Waals surface area (Å²) >= 11 is 0. The first-order valence-corrected chi connectivity index (χ1v) is 13.8. The summed E-state index contributed by atoms with van der Waals surface area (Å²) in [7, 11) is -2.09. The molecule has 0 saturated heterocycles. The smallest absolute Gasteiger partial charge is 0.242 e. The van der Waals surface area contributed by atoms with Gasteiger partial charge in [-0.2, -0.15) is 0 Å². The molecule has 7 nitrogen and oxygen atoms in total. The minimum Gasteiger partial charge on any atom is -0.352 e. The molecule has 1 aliphatic carbocycles. The van der Waals surface area contributed by atoms with Gasteiger partial charge in [0.25, 0.3) is 0 Å². The lowest BCUT2D eigenvalue weighted by molar-refractivity contribution is -0.141. The van der Waals surface area contributed by atoms with Crippen LogP contribution in [0.4, 0.5) is 0 Å². The molecule has 0 bridgehead atoms. The largest absolute Gasteiger partial charge is 0.352 e. The fourth-order valence-corrected chi connectivity index (χ4v) is 5.67. The van der Waals surface area contributed by atoms with Crippen molar-refractivity contribution in [3.8, 4) is 0 Å². The van der Waals surface area contributed by atoms with Gasteiger partial charge in [-0.1, -0.05) is 55.3 Å². The molecule has 1 fully saturated rings. The second kappa shape index (κ2) is 12.3. The molecule has 0 heterocycles. The first kappa shape index (κ1) is 26.9. The van der Waals surface area contributed by atoms with E-state index in [2.05, 4.69) is 5.32 Å². The third kappa shape index (κ3) is 7.15. The summed E-state index contributed by atoms with van der Waals surface area (Å²) in [6.45, 7) is 4.31. The Morgan fingerprint density at radius 3 is 2.31 bits per heavy atom. The predicted octanol–water partition coefficient (Wildman–Crippen LogP) is 3.87. The Hall–Kier alpha value is -2.71. The van der Waals surface area contributed by atoms with Crippen LogP contribution in [-0.2, 0) is 26.2 Å². The van der Waals surface area contributed by atoms with Crippen LogP contribution in [0, 0.1) is 6.92 Å². The van der Waals surface area contributed by atoms with E-state index in [0.29, 0.717) is 13.0 Å². The van der Waals surface area contributed by atoms with Gasteiger partial charge >= 0.3 is 0 Å². The Balaban J connectivity index is 1.66. The van der Waals surface area contributed by atoms with Gasteiger partial charge in [0.05, 0.1) is 4.90 Å². The van der Waals surface area contributed by atoms with Crippen LogP contribution in [-0.4, -0.2) is 55.1 Å². The molecule has 1 N–H and O–H groups in total. The number of carbonyl (C=O) groups is 2. The summed E-state index contributed by atoms with van der Waals surface area (Å²) in [6, 6.07) is 15.7. The summed E-state index contributed by atoms with van der Waals surface area (Å²) < 4.78 is 26.8.